The quantitative estimate of drug-likeness (QED) is 0.165. The molecule has 0 amide bonds. The summed E-state index contributed by atoms with van der Waals surface area (Å²) in [5.74, 6) is 0. The molecular weight excluding hydrogens is 719 g/mol. The van der Waals surface area contributed by atoms with E-state index < -0.39 is 0 Å². The third-order valence-corrected chi connectivity index (χ3v) is 12.1. The number of aromatic nitrogens is 3. The molecule has 0 saturated carbocycles. The summed E-state index contributed by atoms with van der Waals surface area (Å²) in [6, 6.07) is 68.0. The maximum absolute atomic E-state index is 11.1. The average Bonchev–Trinajstić information content (AvgIpc) is 3.94. The minimum absolute atomic E-state index is 0.463. The van der Waals surface area contributed by atoms with Crippen LogP contribution in [-0.4, -0.2) is 13.7 Å². The molecule has 3 heterocycles. The van der Waals surface area contributed by atoms with Gasteiger partial charge in [-0.05, 0) is 88.6 Å². The topological polar surface area (TPSA) is 42.9 Å². The minimum atomic E-state index is 0.463. The Bertz CT molecular complexity index is 3790. The molecule has 9 aromatic carbocycles. The van der Waals surface area contributed by atoms with Gasteiger partial charge in [-0.25, -0.2) is 4.85 Å². The van der Waals surface area contributed by atoms with Crippen LogP contribution in [0.3, 0.4) is 0 Å². The maximum atomic E-state index is 11.1. The van der Waals surface area contributed by atoms with E-state index in [2.05, 4.69) is 182 Å². The molecule has 272 valence electrons. The van der Waals surface area contributed by atoms with Crippen molar-refractivity contribution in [1.29, 1.82) is 5.26 Å². The van der Waals surface area contributed by atoms with Crippen molar-refractivity contribution in [2.45, 2.75) is 0 Å². The largest absolute Gasteiger partial charge is 0.319 e. The van der Waals surface area contributed by atoms with Crippen LogP contribution in [0.15, 0.2) is 188 Å². The molecule has 12 aromatic rings. The maximum Gasteiger partial charge on any atom is 0.212 e. The standard InChI is InChI=1S/C54H31N5/c1-56-43-32-50(58-46-26-25-36(34-14-4-2-5-15-34)30-42(46)52-39-19-9-8-16-35(39)24-27-47(52)58)37(33-55)31-51(43)59-45-23-13-11-21-41(45)54-49(59)29-28-48-53(54)40-20-10-12-22-44(40)57(48)38-17-6-3-7-18-38/h2-32H. The van der Waals surface area contributed by atoms with Crippen molar-refractivity contribution < 1.29 is 0 Å². The van der Waals surface area contributed by atoms with E-state index in [9.17, 15) is 5.26 Å². The Labute approximate surface area is 338 Å². The Kier molecular flexibility index (Phi) is 6.99. The smallest absolute Gasteiger partial charge is 0.212 e. The highest BCUT2D eigenvalue weighted by Gasteiger charge is 2.24. The molecule has 0 radical (unpaired) electrons. The first kappa shape index (κ1) is 32.8. The Morgan fingerprint density at radius 1 is 0.407 bits per heavy atom. The second-order valence-electron chi connectivity index (χ2n) is 15.1. The van der Waals surface area contributed by atoms with Crippen molar-refractivity contribution in [3.8, 4) is 34.3 Å². The van der Waals surface area contributed by atoms with E-state index in [1.165, 1.54) is 0 Å². The van der Waals surface area contributed by atoms with Crippen molar-refractivity contribution >= 4 is 81.9 Å². The Morgan fingerprint density at radius 3 is 1.66 bits per heavy atom. The van der Waals surface area contributed by atoms with Gasteiger partial charge in [-0.1, -0.05) is 121 Å². The average molecular weight is 750 g/mol. The lowest BCUT2D eigenvalue weighted by molar-refractivity contribution is 1.14. The normalized spacial score (nSPS) is 11.7. The highest BCUT2D eigenvalue weighted by Crippen LogP contribution is 2.45. The first-order chi connectivity index (χ1) is 29.2. The van der Waals surface area contributed by atoms with E-state index in [0.29, 0.717) is 22.6 Å². The lowest BCUT2D eigenvalue weighted by atomic mass is 10.0. The number of para-hydroxylation sites is 3. The number of hydrogen-bond donors (Lipinski definition) is 0. The number of nitriles is 1. The van der Waals surface area contributed by atoms with Crippen LogP contribution in [0.5, 0.6) is 0 Å². The summed E-state index contributed by atoms with van der Waals surface area (Å²) in [4.78, 5) is 4.21. The van der Waals surface area contributed by atoms with Crippen LogP contribution in [0.4, 0.5) is 5.69 Å². The monoisotopic (exact) mass is 749 g/mol. The lowest BCUT2D eigenvalue weighted by Crippen LogP contribution is -2.01. The van der Waals surface area contributed by atoms with Crippen molar-refractivity contribution in [3.63, 3.8) is 0 Å². The third kappa shape index (κ3) is 4.65. The molecule has 0 fully saturated rings. The van der Waals surface area contributed by atoms with Crippen LogP contribution in [0.25, 0.3) is 109 Å². The zero-order valence-corrected chi connectivity index (χ0v) is 31.6. The number of nitrogens with zero attached hydrogens (tertiary/aromatic N) is 5. The molecule has 12 rings (SSSR count). The van der Waals surface area contributed by atoms with E-state index in [-0.39, 0.29) is 0 Å². The van der Waals surface area contributed by atoms with E-state index >= 15 is 0 Å². The summed E-state index contributed by atoms with van der Waals surface area (Å²) >= 11 is 0. The first-order valence-electron chi connectivity index (χ1n) is 19.7. The Morgan fingerprint density at radius 2 is 0.949 bits per heavy atom. The highest BCUT2D eigenvalue weighted by molar-refractivity contribution is 6.29. The molecule has 0 aliphatic rings. The zero-order valence-electron chi connectivity index (χ0n) is 31.6. The second kappa shape index (κ2) is 12.6. The predicted octanol–water partition coefficient (Wildman–Crippen LogP) is 14.2. The predicted molar refractivity (Wildman–Crippen MR) is 243 cm³/mol. The third-order valence-electron chi connectivity index (χ3n) is 12.1. The van der Waals surface area contributed by atoms with Crippen LogP contribution in [0, 0.1) is 17.9 Å². The summed E-state index contributed by atoms with van der Waals surface area (Å²) in [6.45, 7) is 8.66. The summed E-state index contributed by atoms with van der Waals surface area (Å²) in [5.41, 5.74) is 11.8. The van der Waals surface area contributed by atoms with E-state index in [0.717, 1.165) is 93.0 Å². The first-order valence-corrected chi connectivity index (χ1v) is 19.7. The van der Waals surface area contributed by atoms with Crippen LogP contribution in [-0.2, 0) is 0 Å². The molecule has 0 spiro atoms. The second-order valence-corrected chi connectivity index (χ2v) is 15.1. The van der Waals surface area contributed by atoms with E-state index in [1.807, 2.05) is 30.3 Å². The minimum Gasteiger partial charge on any atom is -0.319 e. The van der Waals surface area contributed by atoms with Crippen molar-refractivity contribution in [3.05, 3.63) is 205 Å². The number of benzene rings is 9. The Balaban J connectivity index is 1.15. The summed E-state index contributed by atoms with van der Waals surface area (Å²) in [5, 5.41) is 20.1. The van der Waals surface area contributed by atoms with Gasteiger partial charge in [-0.2, -0.15) is 5.26 Å². The fraction of sp³-hybridized carbons (Fsp3) is 0. The molecule has 5 heteroatoms. The van der Waals surface area contributed by atoms with Crippen molar-refractivity contribution in [1.82, 2.24) is 13.7 Å². The highest BCUT2D eigenvalue weighted by atomic mass is 15.0. The van der Waals surface area contributed by atoms with Gasteiger partial charge in [0.15, 0.2) is 0 Å². The molecule has 0 atom stereocenters. The van der Waals surface area contributed by atoms with Crippen LogP contribution in [0.2, 0.25) is 0 Å². The summed E-state index contributed by atoms with van der Waals surface area (Å²) < 4.78 is 6.69. The van der Waals surface area contributed by atoms with Crippen molar-refractivity contribution in [2.24, 2.45) is 0 Å². The van der Waals surface area contributed by atoms with Gasteiger partial charge >= 0.3 is 0 Å². The molecule has 0 aliphatic heterocycles. The van der Waals surface area contributed by atoms with E-state index in [4.69, 9.17) is 6.57 Å². The van der Waals surface area contributed by atoms with Gasteiger partial charge in [0.1, 0.15) is 6.07 Å². The molecule has 3 aromatic heterocycles. The van der Waals surface area contributed by atoms with Gasteiger partial charge in [0.25, 0.3) is 0 Å². The Hall–Kier alpha value is -8.38. The van der Waals surface area contributed by atoms with Gasteiger partial charge in [-0.15, -0.1) is 0 Å². The van der Waals surface area contributed by atoms with Crippen LogP contribution in [0.1, 0.15) is 5.56 Å². The molecule has 0 bridgehead atoms. The van der Waals surface area contributed by atoms with E-state index in [1.54, 1.807) is 0 Å². The summed E-state index contributed by atoms with van der Waals surface area (Å²) in [7, 11) is 0. The fourth-order valence-electron chi connectivity index (χ4n) is 9.60. The van der Waals surface area contributed by atoms with Gasteiger partial charge in [0.2, 0.25) is 5.69 Å². The molecule has 5 nitrogen and oxygen atoms in total. The van der Waals surface area contributed by atoms with Gasteiger partial charge < -0.3 is 13.7 Å². The number of fused-ring (bicyclic) bond motifs is 12. The van der Waals surface area contributed by atoms with Crippen LogP contribution < -0.4 is 0 Å². The van der Waals surface area contributed by atoms with Crippen LogP contribution >= 0.6 is 0 Å². The van der Waals surface area contributed by atoms with Gasteiger partial charge in [-0.3, -0.25) is 0 Å². The molecule has 59 heavy (non-hydrogen) atoms. The molecule has 0 saturated heterocycles. The van der Waals surface area contributed by atoms with Gasteiger partial charge in [0, 0.05) is 38.0 Å². The molecule has 0 unspecified atom stereocenters. The van der Waals surface area contributed by atoms with Crippen molar-refractivity contribution in [2.75, 3.05) is 0 Å². The summed E-state index contributed by atoms with van der Waals surface area (Å²) in [6.07, 6.45) is 0. The number of hydrogen-bond acceptors (Lipinski definition) is 1. The molecule has 0 N–H and O–H groups in total. The molecular formula is C54H31N5. The number of rotatable bonds is 4. The fourth-order valence-corrected chi connectivity index (χ4v) is 9.60. The molecule has 0 aliphatic carbocycles. The van der Waals surface area contributed by atoms with Gasteiger partial charge in [0.05, 0.1) is 56.6 Å². The zero-order chi connectivity index (χ0) is 39.2. The SMILES string of the molecule is [C-]#[N+]c1cc(-n2c3ccc(-c4ccccc4)cc3c3c4ccccc4ccc32)c(C#N)cc1-n1c2ccccc2c2c3c4ccccc4n(-c4ccccc4)c3ccc21. The lowest BCUT2D eigenvalue weighted by Gasteiger charge is -2.16.